The molecule has 83 valence electrons. The normalized spacial score (nSPS) is 11.8. The van der Waals surface area contributed by atoms with E-state index < -0.39 is 12.1 Å². The van der Waals surface area contributed by atoms with Crippen LogP contribution in [0.1, 0.15) is 11.5 Å². The van der Waals surface area contributed by atoms with Gasteiger partial charge >= 0.3 is 12.1 Å². The van der Waals surface area contributed by atoms with Crippen LogP contribution >= 0.6 is 0 Å². The van der Waals surface area contributed by atoms with Gasteiger partial charge in [-0.1, -0.05) is 23.4 Å². The van der Waals surface area contributed by atoms with Crippen molar-refractivity contribution in [2.75, 3.05) is 0 Å². The van der Waals surface area contributed by atoms with Gasteiger partial charge in [-0.15, -0.1) is 0 Å². The van der Waals surface area contributed by atoms with Crippen LogP contribution in [-0.4, -0.2) is 10.1 Å². The largest absolute Gasteiger partial charge is 0.471 e. The first kappa shape index (κ1) is 10.7. The lowest BCUT2D eigenvalue weighted by atomic mass is 10.1. The predicted molar refractivity (Wildman–Crippen MR) is 49.2 cm³/mol. The minimum absolute atomic E-state index is 0.0992. The van der Waals surface area contributed by atoms with Crippen molar-refractivity contribution in [3.05, 3.63) is 42.6 Å². The lowest BCUT2D eigenvalue weighted by molar-refractivity contribution is -0.159. The highest BCUT2D eigenvalue weighted by molar-refractivity contribution is 5.55. The molecule has 0 saturated carbocycles. The van der Waals surface area contributed by atoms with Crippen LogP contribution in [0, 0.1) is 6.92 Å². The third-order valence-corrected chi connectivity index (χ3v) is 1.85. The fraction of sp³-hybridized carbons (Fsp3) is 0.100. The van der Waals surface area contributed by atoms with E-state index in [1.54, 1.807) is 24.3 Å². The summed E-state index contributed by atoms with van der Waals surface area (Å²) in [6, 6.07) is 6.53. The van der Waals surface area contributed by atoms with E-state index in [1.165, 1.54) is 0 Å². The highest BCUT2D eigenvalue weighted by Gasteiger charge is 2.38. The van der Waals surface area contributed by atoms with Crippen molar-refractivity contribution in [2.45, 2.75) is 6.18 Å². The molecule has 0 aliphatic heterocycles. The van der Waals surface area contributed by atoms with E-state index in [4.69, 9.17) is 0 Å². The summed E-state index contributed by atoms with van der Waals surface area (Å²) in [7, 11) is 0. The topological polar surface area (TPSA) is 38.9 Å². The van der Waals surface area contributed by atoms with Gasteiger partial charge in [-0.25, -0.2) is 0 Å². The zero-order valence-electron chi connectivity index (χ0n) is 7.95. The Balaban J connectivity index is 2.39. The van der Waals surface area contributed by atoms with Crippen molar-refractivity contribution in [1.29, 1.82) is 0 Å². The van der Waals surface area contributed by atoms with E-state index in [2.05, 4.69) is 21.6 Å². The first-order valence-corrected chi connectivity index (χ1v) is 4.30. The van der Waals surface area contributed by atoms with Crippen molar-refractivity contribution in [3.63, 3.8) is 0 Å². The molecular weight excluding hydrogens is 221 g/mol. The van der Waals surface area contributed by atoms with Gasteiger partial charge in [0.2, 0.25) is 5.82 Å². The van der Waals surface area contributed by atoms with Gasteiger partial charge in [0.15, 0.2) is 0 Å². The average molecular weight is 227 g/mol. The van der Waals surface area contributed by atoms with Crippen molar-refractivity contribution >= 4 is 0 Å². The number of alkyl halides is 3. The van der Waals surface area contributed by atoms with Gasteiger partial charge in [0.1, 0.15) is 0 Å². The van der Waals surface area contributed by atoms with Gasteiger partial charge in [0.05, 0.1) is 0 Å². The molecule has 0 aliphatic carbocycles. The molecule has 0 unspecified atom stereocenters. The van der Waals surface area contributed by atoms with E-state index in [1.807, 2.05) is 0 Å². The standard InChI is InChI=1S/C10H6F3N2O/c1-6-3-2-4-7(5-6)8-14-9(16-15-8)10(11,12)13/h2-5H,1H2. The molecule has 0 atom stereocenters. The van der Waals surface area contributed by atoms with Crippen LogP contribution < -0.4 is 0 Å². The highest BCUT2D eigenvalue weighted by atomic mass is 19.4. The predicted octanol–water partition coefficient (Wildman–Crippen LogP) is 2.94. The minimum Gasteiger partial charge on any atom is -0.329 e. The molecule has 3 nitrogen and oxygen atoms in total. The third kappa shape index (κ3) is 2.05. The Morgan fingerprint density at radius 3 is 2.56 bits per heavy atom. The van der Waals surface area contributed by atoms with Crippen molar-refractivity contribution in [3.8, 4) is 11.4 Å². The average Bonchev–Trinajstić information content (AvgIpc) is 2.65. The Bertz CT molecular complexity index is 505. The maximum Gasteiger partial charge on any atom is 0.471 e. The van der Waals surface area contributed by atoms with Gasteiger partial charge in [0.25, 0.3) is 0 Å². The lowest BCUT2D eigenvalue weighted by Crippen LogP contribution is -2.04. The molecule has 2 aromatic rings. The molecule has 0 amide bonds. The number of rotatable bonds is 1. The fourth-order valence-electron chi connectivity index (χ4n) is 1.17. The molecule has 0 N–H and O–H groups in total. The van der Waals surface area contributed by atoms with Crippen LogP contribution in [0.15, 0.2) is 28.8 Å². The second kappa shape index (κ2) is 3.62. The third-order valence-electron chi connectivity index (χ3n) is 1.85. The van der Waals surface area contributed by atoms with E-state index >= 15 is 0 Å². The number of halogens is 3. The first-order chi connectivity index (χ1) is 7.47. The van der Waals surface area contributed by atoms with Crippen LogP contribution in [0.2, 0.25) is 0 Å². The summed E-state index contributed by atoms with van der Waals surface area (Å²) in [6.07, 6.45) is -4.62. The Labute approximate surface area is 88.9 Å². The first-order valence-electron chi connectivity index (χ1n) is 4.30. The Morgan fingerprint density at radius 1 is 1.25 bits per heavy atom. The molecule has 1 aromatic heterocycles. The molecule has 0 fully saturated rings. The molecule has 2 rings (SSSR count). The summed E-state index contributed by atoms with van der Waals surface area (Å²) < 4.78 is 40.7. The van der Waals surface area contributed by atoms with Gasteiger partial charge in [-0.3, -0.25) is 0 Å². The van der Waals surface area contributed by atoms with Gasteiger partial charge < -0.3 is 4.52 Å². The SMILES string of the molecule is [CH2]c1cccc(-c2noc(C(F)(F)F)n2)c1. The lowest BCUT2D eigenvalue weighted by Gasteiger charge is -1.97. The molecule has 6 heteroatoms. The van der Waals surface area contributed by atoms with Crippen LogP contribution in [-0.2, 0) is 6.18 Å². The molecular formula is C10H6F3N2O. The molecule has 16 heavy (non-hydrogen) atoms. The fourth-order valence-corrected chi connectivity index (χ4v) is 1.17. The van der Waals surface area contributed by atoms with E-state index in [0.29, 0.717) is 11.1 Å². The Morgan fingerprint density at radius 2 is 2.00 bits per heavy atom. The Kier molecular flexibility index (Phi) is 2.41. The maximum absolute atomic E-state index is 12.2. The van der Waals surface area contributed by atoms with Crippen LogP contribution in [0.5, 0.6) is 0 Å². The summed E-state index contributed by atoms with van der Waals surface area (Å²) in [5.41, 5.74) is 1.10. The minimum atomic E-state index is -4.62. The van der Waals surface area contributed by atoms with Crippen LogP contribution in [0.3, 0.4) is 0 Å². The van der Waals surface area contributed by atoms with Gasteiger partial charge in [0, 0.05) is 5.56 Å². The van der Waals surface area contributed by atoms with Crippen molar-refractivity contribution in [1.82, 2.24) is 10.1 Å². The summed E-state index contributed by atoms with van der Waals surface area (Å²) in [6.45, 7) is 3.65. The molecule has 1 aromatic carbocycles. The van der Waals surface area contributed by atoms with Crippen molar-refractivity contribution in [2.24, 2.45) is 0 Å². The van der Waals surface area contributed by atoms with E-state index in [9.17, 15) is 13.2 Å². The number of benzene rings is 1. The van der Waals surface area contributed by atoms with E-state index in [-0.39, 0.29) is 5.82 Å². The monoisotopic (exact) mass is 227 g/mol. The summed E-state index contributed by atoms with van der Waals surface area (Å²) in [4.78, 5) is 3.26. The molecule has 0 saturated heterocycles. The smallest absolute Gasteiger partial charge is 0.329 e. The molecule has 0 spiro atoms. The molecule has 1 heterocycles. The number of hydrogen-bond acceptors (Lipinski definition) is 3. The second-order valence-corrected chi connectivity index (χ2v) is 3.12. The van der Waals surface area contributed by atoms with Crippen molar-refractivity contribution < 1.29 is 17.7 Å². The van der Waals surface area contributed by atoms with Crippen LogP contribution in [0.25, 0.3) is 11.4 Å². The summed E-state index contributed by atoms with van der Waals surface area (Å²) >= 11 is 0. The maximum atomic E-state index is 12.2. The van der Waals surface area contributed by atoms with E-state index in [0.717, 1.165) is 0 Å². The molecule has 0 aliphatic rings. The zero-order chi connectivity index (χ0) is 11.8. The summed E-state index contributed by atoms with van der Waals surface area (Å²) in [5, 5.41) is 3.26. The van der Waals surface area contributed by atoms with Gasteiger partial charge in [-0.05, 0) is 18.6 Å². The molecule has 0 bridgehead atoms. The molecule has 1 radical (unpaired) electrons. The number of nitrogens with zero attached hydrogens (tertiary/aromatic N) is 2. The van der Waals surface area contributed by atoms with Crippen LogP contribution in [0.4, 0.5) is 13.2 Å². The second-order valence-electron chi connectivity index (χ2n) is 3.12. The highest BCUT2D eigenvalue weighted by Crippen LogP contribution is 2.29. The summed E-state index contributed by atoms with van der Waals surface area (Å²) in [5.74, 6) is -1.45. The van der Waals surface area contributed by atoms with Gasteiger partial charge in [-0.2, -0.15) is 18.2 Å². The zero-order valence-corrected chi connectivity index (χ0v) is 7.95. The Hall–Kier alpha value is -1.85. The number of aromatic nitrogens is 2. The quantitative estimate of drug-likeness (QED) is 0.751. The number of hydrogen-bond donors (Lipinski definition) is 0.